The van der Waals surface area contributed by atoms with Gasteiger partial charge in [0.1, 0.15) is 6.61 Å². The zero-order chi connectivity index (χ0) is 26.7. The number of amides is 1. The molecule has 3 aromatic rings. The first kappa shape index (κ1) is 28.2. The van der Waals surface area contributed by atoms with Gasteiger partial charge in [0.15, 0.2) is 5.78 Å². The van der Waals surface area contributed by atoms with E-state index in [4.69, 9.17) is 4.74 Å². The minimum absolute atomic E-state index is 0.0106. The first-order chi connectivity index (χ1) is 17.7. The van der Waals surface area contributed by atoms with Crippen LogP contribution in [0.2, 0.25) is 0 Å². The highest BCUT2D eigenvalue weighted by Crippen LogP contribution is 2.28. The van der Waals surface area contributed by atoms with Gasteiger partial charge in [0.25, 0.3) is 5.91 Å². The summed E-state index contributed by atoms with van der Waals surface area (Å²) in [6, 6.07) is 27.1. The van der Waals surface area contributed by atoms with Crippen molar-refractivity contribution in [3.05, 3.63) is 108 Å². The molecule has 3 aromatic carbocycles. The van der Waals surface area contributed by atoms with Gasteiger partial charge in [-0.1, -0.05) is 99.6 Å². The average molecular weight is 518 g/mol. The van der Waals surface area contributed by atoms with Crippen LogP contribution < -0.4 is 5.32 Å². The van der Waals surface area contributed by atoms with Crippen LogP contribution in [0.4, 0.5) is 0 Å². The Morgan fingerprint density at radius 2 is 1.35 bits per heavy atom. The quantitative estimate of drug-likeness (QED) is 0.304. The molecular formula is C31H35NO4S. The highest BCUT2D eigenvalue weighted by Gasteiger charge is 2.30. The van der Waals surface area contributed by atoms with Gasteiger partial charge < -0.3 is 10.1 Å². The second kappa shape index (κ2) is 13.8. The lowest BCUT2D eigenvalue weighted by molar-refractivity contribution is -0.150. The number of Topliss-reactive ketones (excluding diaryl/α,β-unsaturated/α-hetero) is 1. The van der Waals surface area contributed by atoms with Crippen molar-refractivity contribution in [2.45, 2.75) is 51.0 Å². The fraction of sp³-hybridized carbons (Fsp3) is 0.323. The van der Waals surface area contributed by atoms with E-state index < -0.39 is 17.9 Å². The van der Waals surface area contributed by atoms with Crippen LogP contribution in [0.15, 0.2) is 91.0 Å². The number of nitrogens with one attached hydrogen (secondary N) is 1. The number of hydrogen-bond donors (Lipinski definition) is 1. The van der Waals surface area contributed by atoms with Gasteiger partial charge in [-0.3, -0.25) is 14.4 Å². The number of carbonyl (C=O) groups excluding carboxylic acids is 3. The molecule has 37 heavy (non-hydrogen) atoms. The summed E-state index contributed by atoms with van der Waals surface area (Å²) in [4.78, 5) is 39.6. The van der Waals surface area contributed by atoms with Gasteiger partial charge in [-0.2, -0.15) is 11.8 Å². The summed E-state index contributed by atoms with van der Waals surface area (Å²) in [5.74, 6) is -1.08. The molecule has 0 saturated carbocycles. The largest absolute Gasteiger partial charge is 0.461 e. The standard InChI is InChI=1S/C31H35NO4S/c1-31(2,3)37-22-26(30(35)36-21-24-15-9-5-10-16-24)20-28(33)27(19-23-13-7-4-8-14-23)32-29(34)25-17-11-6-12-18-25/h4-18,26-27H,19-22H2,1-3H3,(H,32,34)/t26-,27-/m0/s1. The summed E-state index contributed by atoms with van der Waals surface area (Å²) in [5, 5.41) is 2.91. The maximum Gasteiger partial charge on any atom is 0.310 e. The van der Waals surface area contributed by atoms with Crippen molar-refractivity contribution in [1.29, 1.82) is 0 Å². The molecule has 2 atom stereocenters. The first-order valence-electron chi connectivity index (χ1n) is 12.5. The second-order valence-corrected chi connectivity index (χ2v) is 11.8. The Labute approximate surface area is 224 Å². The van der Waals surface area contributed by atoms with Crippen LogP contribution >= 0.6 is 11.8 Å². The molecule has 0 bridgehead atoms. The predicted octanol–water partition coefficient (Wildman–Crippen LogP) is 5.88. The molecule has 0 radical (unpaired) electrons. The zero-order valence-corrected chi connectivity index (χ0v) is 22.5. The monoisotopic (exact) mass is 517 g/mol. The Morgan fingerprint density at radius 3 is 1.92 bits per heavy atom. The SMILES string of the molecule is CC(C)(C)SC[C@H](CC(=O)[C@H](Cc1ccccc1)NC(=O)c1ccccc1)C(=O)OCc1ccccc1. The van der Waals surface area contributed by atoms with Crippen LogP contribution in [-0.2, 0) is 27.4 Å². The first-order valence-corrected chi connectivity index (χ1v) is 13.5. The van der Waals surface area contributed by atoms with Crippen LogP contribution in [0.1, 0.15) is 48.7 Å². The lowest BCUT2D eigenvalue weighted by Crippen LogP contribution is -2.43. The Hall–Kier alpha value is -3.38. The molecule has 0 unspecified atom stereocenters. The highest BCUT2D eigenvalue weighted by molar-refractivity contribution is 8.00. The number of hydrogen-bond acceptors (Lipinski definition) is 5. The number of esters is 1. The fourth-order valence-electron chi connectivity index (χ4n) is 3.72. The maximum atomic E-state index is 13.6. The zero-order valence-electron chi connectivity index (χ0n) is 21.7. The third kappa shape index (κ3) is 9.89. The number of carbonyl (C=O) groups is 3. The molecule has 0 spiro atoms. The third-order valence-electron chi connectivity index (χ3n) is 5.73. The third-order valence-corrected chi connectivity index (χ3v) is 7.17. The Morgan fingerprint density at radius 1 is 0.811 bits per heavy atom. The number of thioether (sulfide) groups is 1. The van der Waals surface area contributed by atoms with Gasteiger partial charge in [0, 0.05) is 22.5 Å². The van der Waals surface area contributed by atoms with Gasteiger partial charge in [0.05, 0.1) is 12.0 Å². The van der Waals surface area contributed by atoms with Crippen LogP contribution in [0.5, 0.6) is 0 Å². The minimum Gasteiger partial charge on any atom is -0.461 e. The molecule has 0 heterocycles. The number of ether oxygens (including phenoxy) is 1. The predicted molar refractivity (Wildman–Crippen MR) is 149 cm³/mol. The Kier molecular flexibility index (Phi) is 10.5. The van der Waals surface area contributed by atoms with Crippen molar-refractivity contribution in [3.63, 3.8) is 0 Å². The summed E-state index contributed by atoms with van der Waals surface area (Å²) in [6.45, 7) is 6.38. The molecule has 0 aliphatic heterocycles. The van der Waals surface area contributed by atoms with Crippen molar-refractivity contribution in [2.24, 2.45) is 5.92 Å². The van der Waals surface area contributed by atoms with E-state index in [1.54, 1.807) is 36.0 Å². The van der Waals surface area contributed by atoms with Crippen LogP contribution in [0, 0.1) is 5.92 Å². The maximum absolute atomic E-state index is 13.6. The Balaban J connectivity index is 1.75. The molecule has 194 valence electrons. The van der Waals surface area contributed by atoms with Gasteiger partial charge in [0.2, 0.25) is 0 Å². The topological polar surface area (TPSA) is 72.5 Å². The molecule has 0 saturated heterocycles. The molecule has 1 amide bonds. The molecule has 0 aliphatic rings. The molecule has 1 N–H and O–H groups in total. The summed E-state index contributed by atoms with van der Waals surface area (Å²) in [7, 11) is 0. The van der Waals surface area contributed by atoms with Crippen molar-refractivity contribution in [2.75, 3.05) is 5.75 Å². The number of benzene rings is 3. The lowest BCUT2D eigenvalue weighted by atomic mass is 9.95. The summed E-state index contributed by atoms with van der Waals surface area (Å²) in [5.41, 5.74) is 2.30. The number of ketones is 1. The van der Waals surface area contributed by atoms with Crippen molar-refractivity contribution in [1.82, 2.24) is 5.32 Å². The van der Waals surface area contributed by atoms with Crippen LogP contribution in [-0.4, -0.2) is 34.2 Å². The molecule has 0 aromatic heterocycles. The normalized spacial score (nSPS) is 12.8. The molecular weight excluding hydrogens is 482 g/mol. The molecule has 0 fully saturated rings. The van der Waals surface area contributed by atoms with E-state index in [1.165, 1.54) is 0 Å². The fourth-order valence-corrected chi connectivity index (χ4v) is 4.67. The number of rotatable bonds is 12. The summed E-state index contributed by atoms with van der Waals surface area (Å²) in [6.07, 6.45) is 0.333. The van der Waals surface area contributed by atoms with E-state index >= 15 is 0 Å². The Bertz CT molecular complexity index is 1140. The van der Waals surface area contributed by atoms with Crippen molar-refractivity contribution >= 4 is 29.4 Å². The second-order valence-electron chi connectivity index (χ2n) is 9.97. The van der Waals surface area contributed by atoms with E-state index in [2.05, 4.69) is 26.1 Å². The van der Waals surface area contributed by atoms with E-state index in [0.29, 0.717) is 17.7 Å². The highest BCUT2D eigenvalue weighted by atomic mass is 32.2. The lowest BCUT2D eigenvalue weighted by Gasteiger charge is -2.24. The summed E-state index contributed by atoms with van der Waals surface area (Å²) >= 11 is 1.62. The molecule has 0 aliphatic carbocycles. The minimum atomic E-state index is -0.765. The van der Waals surface area contributed by atoms with Crippen molar-refractivity contribution in [3.8, 4) is 0 Å². The van der Waals surface area contributed by atoms with Gasteiger partial charge in [-0.05, 0) is 29.7 Å². The van der Waals surface area contributed by atoms with Gasteiger partial charge >= 0.3 is 5.97 Å². The van der Waals surface area contributed by atoms with Gasteiger partial charge in [-0.15, -0.1) is 0 Å². The molecule has 5 nitrogen and oxygen atoms in total. The average Bonchev–Trinajstić information content (AvgIpc) is 2.90. The van der Waals surface area contributed by atoms with Gasteiger partial charge in [-0.25, -0.2) is 0 Å². The van der Waals surface area contributed by atoms with Crippen LogP contribution in [0.25, 0.3) is 0 Å². The van der Waals surface area contributed by atoms with E-state index in [-0.39, 0.29) is 29.5 Å². The van der Waals surface area contributed by atoms with Crippen LogP contribution in [0.3, 0.4) is 0 Å². The smallest absolute Gasteiger partial charge is 0.310 e. The molecule has 6 heteroatoms. The van der Waals surface area contributed by atoms with E-state index in [9.17, 15) is 14.4 Å². The van der Waals surface area contributed by atoms with E-state index in [0.717, 1.165) is 11.1 Å². The summed E-state index contributed by atoms with van der Waals surface area (Å²) < 4.78 is 5.54. The molecule has 3 rings (SSSR count). The van der Waals surface area contributed by atoms with Crippen molar-refractivity contribution < 1.29 is 19.1 Å². The van der Waals surface area contributed by atoms with E-state index in [1.807, 2.05) is 66.7 Å².